The molecule has 0 radical (unpaired) electrons. The van der Waals surface area contributed by atoms with Gasteiger partial charge in [-0.15, -0.1) is 0 Å². The molecule has 0 aromatic heterocycles. The largest absolute Gasteiger partial charge is 0.491 e. The second-order valence-corrected chi connectivity index (χ2v) is 8.11. The molecule has 1 atom stereocenters. The summed E-state index contributed by atoms with van der Waals surface area (Å²) in [4.78, 5) is 31.2. The average molecular weight is 402 g/mol. The number of carbonyl (C=O) groups excluding carboxylic acids is 2. The van der Waals surface area contributed by atoms with Crippen LogP contribution in [0.25, 0.3) is 0 Å². The summed E-state index contributed by atoms with van der Waals surface area (Å²) < 4.78 is 11.3. The molecule has 29 heavy (non-hydrogen) atoms. The predicted octanol–water partition coefficient (Wildman–Crippen LogP) is 1.62. The Balaban J connectivity index is 1.27. The minimum absolute atomic E-state index is 0.102. The number of carbonyl (C=O) groups is 2. The molecule has 2 amide bonds. The van der Waals surface area contributed by atoms with Crippen molar-refractivity contribution in [2.75, 3.05) is 59.1 Å². The molecule has 3 heterocycles. The number of rotatable bonds is 6. The SMILES string of the molecule is O=C(c1ccc(OCC2CCCN2C(=O)CN2CCOCC2)cc1)N1CCCC1. The third-order valence-electron chi connectivity index (χ3n) is 6.10. The van der Waals surface area contributed by atoms with Crippen LogP contribution in [0.4, 0.5) is 0 Å². The van der Waals surface area contributed by atoms with Crippen molar-refractivity contribution in [3.8, 4) is 5.75 Å². The van der Waals surface area contributed by atoms with Gasteiger partial charge in [-0.05, 0) is 49.9 Å². The van der Waals surface area contributed by atoms with Crippen LogP contribution in [0, 0.1) is 0 Å². The summed E-state index contributed by atoms with van der Waals surface area (Å²) >= 11 is 0. The Kier molecular flexibility index (Phi) is 6.67. The highest BCUT2D eigenvalue weighted by Gasteiger charge is 2.30. The molecule has 1 aromatic carbocycles. The molecule has 158 valence electrons. The first-order chi connectivity index (χ1) is 14.2. The smallest absolute Gasteiger partial charge is 0.253 e. The number of hydrogen-bond donors (Lipinski definition) is 0. The monoisotopic (exact) mass is 401 g/mol. The third-order valence-corrected chi connectivity index (χ3v) is 6.10. The molecule has 3 fully saturated rings. The van der Waals surface area contributed by atoms with Crippen LogP contribution in [0.5, 0.6) is 5.75 Å². The van der Waals surface area contributed by atoms with Gasteiger partial charge in [0.2, 0.25) is 5.91 Å². The molecule has 7 nitrogen and oxygen atoms in total. The van der Waals surface area contributed by atoms with Crippen LogP contribution in [0.2, 0.25) is 0 Å². The van der Waals surface area contributed by atoms with E-state index in [1.165, 1.54) is 0 Å². The quantitative estimate of drug-likeness (QED) is 0.725. The molecule has 0 spiro atoms. The zero-order valence-corrected chi connectivity index (χ0v) is 17.1. The molecule has 4 rings (SSSR count). The van der Waals surface area contributed by atoms with E-state index in [0.29, 0.717) is 31.9 Å². The topological polar surface area (TPSA) is 62.3 Å². The van der Waals surface area contributed by atoms with Crippen LogP contribution in [-0.2, 0) is 9.53 Å². The Labute approximate surface area is 172 Å². The number of ether oxygens (including phenoxy) is 2. The Bertz CT molecular complexity index is 697. The highest BCUT2D eigenvalue weighted by atomic mass is 16.5. The van der Waals surface area contributed by atoms with E-state index in [1.807, 2.05) is 34.1 Å². The molecule has 1 unspecified atom stereocenters. The first-order valence-corrected chi connectivity index (χ1v) is 10.8. The summed E-state index contributed by atoms with van der Waals surface area (Å²) in [6.07, 6.45) is 4.18. The lowest BCUT2D eigenvalue weighted by Gasteiger charge is -2.30. The fourth-order valence-corrected chi connectivity index (χ4v) is 4.37. The van der Waals surface area contributed by atoms with Crippen LogP contribution in [0.3, 0.4) is 0 Å². The number of likely N-dealkylation sites (tertiary alicyclic amines) is 2. The van der Waals surface area contributed by atoms with Crippen molar-refractivity contribution < 1.29 is 19.1 Å². The number of nitrogens with zero attached hydrogens (tertiary/aromatic N) is 3. The summed E-state index contributed by atoms with van der Waals surface area (Å²) in [7, 11) is 0. The predicted molar refractivity (Wildman–Crippen MR) is 109 cm³/mol. The van der Waals surface area contributed by atoms with Crippen molar-refractivity contribution in [2.24, 2.45) is 0 Å². The molecule has 7 heteroatoms. The molecule has 3 saturated heterocycles. The Morgan fingerprint density at radius 2 is 1.69 bits per heavy atom. The van der Waals surface area contributed by atoms with Gasteiger partial charge in [-0.1, -0.05) is 0 Å². The summed E-state index contributed by atoms with van der Waals surface area (Å²) in [5, 5.41) is 0. The van der Waals surface area contributed by atoms with Crippen LogP contribution < -0.4 is 4.74 Å². The highest BCUT2D eigenvalue weighted by Crippen LogP contribution is 2.21. The second kappa shape index (κ2) is 9.59. The molecule has 0 aliphatic carbocycles. The highest BCUT2D eigenvalue weighted by molar-refractivity contribution is 5.94. The van der Waals surface area contributed by atoms with Gasteiger partial charge in [-0.25, -0.2) is 0 Å². The number of hydrogen-bond acceptors (Lipinski definition) is 5. The van der Waals surface area contributed by atoms with Gasteiger partial charge in [0.05, 0.1) is 25.8 Å². The maximum Gasteiger partial charge on any atom is 0.253 e. The minimum atomic E-state index is 0.102. The van der Waals surface area contributed by atoms with E-state index in [2.05, 4.69) is 4.90 Å². The molecule has 0 saturated carbocycles. The Hall–Kier alpha value is -2.12. The first kappa shape index (κ1) is 20.2. The maximum atomic E-state index is 12.7. The van der Waals surface area contributed by atoms with Gasteiger partial charge in [-0.2, -0.15) is 0 Å². The number of amides is 2. The Morgan fingerprint density at radius 1 is 0.966 bits per heavy atom. The lowest BCUT2D eigenvalue weighted by atomic mass is 10.2. The van der Waals surface area contributed by atoms with Crippen molar-refractivity contribution in [2.45, 2.75) is 31.7 Å². The standard InChI is InChI=1S/C22H31N3O4/c26-21(16-23-12-14-28-15-13-23)25-11-3-4-19(25)17-29-20-7-5-18(6-8-20)22(27)24-9-1-2-10-24/h5-8,19H,1-4,9-17H2. The fourth-order valence-electron chi connectivity index (χ4n) is 4.37. The molecular formula is C22H31N3O4. The van der Waals surface area contributed by atoms with E-state index in [0.717, 1.165) is 64.2 Å². The van der Waals surface area contributed by atoms with Crippen LogP contribution >= 0.6 is 0 Å². The molecule has 0 N–H and O–H groups in total. The van der Waals surface area contributed by atoms with Gasteiger partial charge in [0.15, 0.2) is 0 Å². The van der Waals surface area contributed by atoms with Crippen molar-refractivity contribution in [1.29, 1.82) is 0 Å². The third kappa shape index (κ3) is 5.08. The van der Waals surface area contributed by atoms with Crippen molar-refractivity contribution >= 4 is 11.8 Å². The second-order valence-electron chi connectivity index (χ2n) is 8.11. The van der Waals surface area contributed by atoms with E-state index in [-0.39, 0.29) is 17.9 Å². The first-order valence-electron chi connectivity index (χ1n) is 10.8. The summed E-state index contributed by atoms with van der Waals surface area (Å²) in [6.45, 7) is 6.53. The molecule has 1 aromatic rings. The van der Waals surface area contributed by atoms with Crippen LogP contribution in [0.15, 0.2) is 24.3 Å². The molecular weight excluding hydrogens is 370 g/mol. The van der Waals surface area contributed by atoms with Gasteiger partial charge in [0, 0.05) is 38.3 Å². The van der Waals surface area contributed by atoms with Gasteiger partial charge in [0.1, 0.15) is 12.4 Å². The summed E-state index contributed by atoms with van der Waals surface area (Å²) in [5.41, 5.74) is 0.711. The van der Waals surface area contributed by atoms with Gasteiger partial charge in [-0.3, -0.25) is 14.5 Å². The zero-order chi connectivity index (χ0) is 20.1. The zero-order valence-electron chi connectivity index (χ0n) is 17.1. The Morgan fingerprint density at radius 3 is 2.41 bits per heavy atom. The van der Waals surface area contributed by atoms with Crippen LogP contribution in [0.1, 0.15) is 36.0 Å². The maximum absolute atomic E-state index is 12.7. The number of benzene rings is 1. The molecule has 3 aliphatic rings. The fraction of sp³-hybridized carbons (Fsp3) is 0.636. The molecule has 0 bridgehead atoms. The lowest BCUT2D eigenvalue weighted by Crippen LogP contribution is -2.47. The normalized spacial score (nSPS) is 22.8. The van der Waals surface area contributed by atoms with E-state index in [1.54, 1.807) is 0 Å². The average Bonchev–Trinajstić information content (AvgIpc) is 3.45. The molecule has 3 aliphatic heterocycles. The van der Waals surface area contributed by atoms with Crippen molar-refractivity contribution in [3.05, 3.63) is 29.8 Å². The van der Waals surface area contributed by atoms with Gasteiger partial charge in [0.25, 0.3) is 5.91 Å². The van der Waals surface area contributed by atoms with Crippen molar-refractivity contribution in [3.63, 3.8) is 0 Å². The van der Waals surface area contributed by atoms with E-state index in [4.69, 9.17) is 9.47 Å². The summed E-state index contributed by atoms with van der Waals surface area (Å²) in [5.74, 6) is 1.03. The van der Waals surface area contributed by atoms with E-state index < -0.39 is 0 Å². The van der Waals surface area contributed by atoms with Crippen molar-refractivity contribution in [1.82, 2.24) is 14.7 Å². The lowest BCUT2D eigenvalue weighted by molar-refractivity contribution is -0.134. The van der Waals surface area contributed by atoms with E-state index in [9.17, 15) is 9.59 Å². The summed E-state index contributed by atoms with van der Waals surface area (Å²) in [6, 6.07) is 7.52. The van der Waals surface area contributed by atoms with Crippen LogP contribution in [-0.4, -0.2) is 91.6 Å². The van der Waals surface area contributed by atoms with E-state index >= 15 is 0 Å². The minimum Gasteiger partial charge on any atom is -0.491 e. The van der Waals surface area contributed by atoms with Gasteiger partial charge >= 0.3 is 0 Å². The van der Waals surface area contributed by atoms with Gasteiger partial charge < -0.3 is 19.3 Å². The number of morpholine rings is 1.